The Bertz CT molecular complexity index is 306. The summed E-state index contributed by atoms with van der Waals surface area (Å²) < 4.78 is 0. The fourth-order valence-electron chi connectivity index (χ4n) is 1.97. The van der Waals surface area contributed by atoms with Crippen molar-refractivity contribution in [2.75, 3.05) is 43.0 Å². The minimum atomic E-state index is 0.864. The Balaban J connectivity index is 1.94. The summed E-state index contributed by atoms with van der Waals surface area (Å²) in [5, 5.41) is 1.05. The maximum absolute atomic E-state index is 4.30. The maximum atomic E-state index is 4.30. The van der Waals surface area contributed by atoms with Crippen LogP contribution < -0.4 is 4.90 Å². The molecule has 0 saturated carbocycles. The van der Waals surface area contributed by atoms with E-state index in [0.717, 1.165) is 37.5 Å². The van der Waals surface area contributed by atoms with Crippen molar-refractivity contribution in [1.82, 2.24) is 14.9 Å². The van der Waals surface area contributed by atoms with Gasteiger partial charge in [-0.1, -0.05) is 15.9 Å². The molecule has 0 aliphatic carbocycles. The molecule has 1 aromatic heterocycles. The quantitative estimate of drug-likeness (QED) is 0.786. The highest BCUT2D eigenvalue weighted by molar-refractivity contribution is 9.09. The molecule has 1 fully saturated rings. The summed E-state index contributed by atoms with van der Waals surface area (Å²) in [6, 6.07) is 1.86. The van der Waals surface area contributed by atoms with Crippen LogP contribution in [0.3, 0.4) is 0 Å². The molecule has 0 atom stereocenters. The van der Waals surface area contributed by atoms with E-state index in [1.807, 2.05) is 18.5 Å². The predicted octanol–water partition coefficient (Wildman–Crippen LogP) is 1.38. The summed E-state index contributed by atoms with van der Waals surface area (Å²) >= 11 is 3.49. The highest BCUT2D eigenvalue weighted by Crippen LogP contribution is 2.09. The lowest BCUT2D eigenvalue weighted by Crippen LogP contribution is -2.32. The smallest absolute Gasteiger partial charge is 0.225 e. The third kappa shape index (κ3) is 3.15. The molecule has 5 heteroatoms. The van der Waals surface area contributed by atoms with Gasteiger partial charge in [0.1, 0.15) is 0 Å². The van der Waals surface area contributed by atoms with Gasteiger partial charge in [0, 0.05) is 43.9 Å². The Morgan fingerprint density at radius 2 is 1.94 bits per heavy atom. The van der Waals surface area contributed by atoms with Crippen molar-refractivity contribution in [2.45, 2.75) is 6.42 Å². The average molecular weight is 285 g/mol. The molecule has 88 valence electrons. The van der Waals surface area contributed by atoms with Crippen molar-refractivity contribution >= 4 is 21.9 Å². The Morgan fingerprint density at radius 3 is 2.69 bits per heavy atom. The third-order valence-electron chi connectivity index (χ3n) is 2.82. The van der Waals surface area contributed by atoms with E-state index in [9.17, 15) is 0 Å². The van der Waals surface area contributed by atoms with Crippen molar-refractivity contribution in [2.24, 2.45) is 0 Å². The second kappa shape index (κ2) is 6.15. The molecular weight excluding hydrogens is 268 g/mol. The molecule has 0 unspecified atom stereocenters. The summed E-state index contributed by atoms with van der Waals surface area (Å²) in [5.74, 6) is 0.864. The molecule has 0 amide bonds. The minimum absolute atomic E-state index is 0.864. The Labute approximate surface area is 105 Å². The maximum Gasteiger partial charge on any atom is 0.225 e. The summed E-state index contributed by atoms with van der Waals surface area (Å²) in [4.78, 5) is 13.4. The molecule has 1 aliphatic rings. The fraction of sp³-hybridized carbons (Fsp3) is 0.636. The van der Waals surface area contributed by atoms with Crippen LogP contribution in [-0.4, -0.2) is 52.9 Å². The number of nitrogens with zero attached hydrogens (tertiary/aromatic N) is 4. The number of alkyl halides is 1. The van der Waals surface area contributed by atoms with Crippen LogP contribution in [0.1, 0.15) is 6.42 Å². The molecule has 0 aromatic carbocycles. The Hall–Kier alpha value is -0.680. The largest absolute Gasteiger partial charge is 0.339 e. The van der Waals surface area contributed by atoms with Gasteiger partial charge < -0.3 is 9.80 Å². The molecule has 0 radical (unpaired) electrons. The number of aromatic nitrogens is 2. The molecule has 2 heterocycles. The Kier molecular flexibility index (Phi) is 4.54. The van der Waals surface area contributed by atoms with Crippen molar-refractivity contribution in [3.63, 3.8) is 0 Å². The zero-order chi connectivity index (χ0) is 11.2. The van der Waals surface area contributed by atoms with Crippen LogP contribution in [0, 0.1) is 0 Å². The summed E-state index contributed by atoms with van der Waals surface area (Å²) in [5.41, 5.74) is 0. The SMILES string of the molecule is BrCCN1CCCN(c2ncccn2)CC1. The van der Waals surface area contributed by atoms with Crippen molar-refractivity contribution < 1.29 is 0 Å². The lowest BCUT2D eigenvalue weighted by molar-refractivity contribution is 0.313. The van der Waals surface area contributed by atoms with Gasteiger partial charge in [-0.15, -0.1) is 0 Å². The molecule has 1 aliphatic heterocycles. The molecule has 1 aromatic rings. The van der Waals surface area contributed by atoms with Gasteiger partial charge in [0.25, 0.3) is 0 Å². The highest BCUT2D eigenvalue weighted by Gasteiger charge is 2.15. The van der Waals surface area contributed by atoms with Gasteiger partial charge in [0.15, 0.2) is 0 Å². The first-order valence-corrected chi connectivity index (χ1v) is 6.82. The highest BCUT2D eigenvalue weighted by atomic mass is 79.9. The number of hydrogen-bond acceptors (Lipinski definition) is 4. The molecular formula is C11H17BrN4. The van der Waals surface area contributed by atoms with Crippen LogP contribution in [-0.2, 0) is 0 Å². The molecule has 0 bridgehead atoms. The van der Waals surface area contributed by atoms with Crippen LogP contribution in [0.4, 0.5) is 5.95 Å². The van der Waals surface area contributed by atoms with Crippen molar-refractivity contribution in [3.8, 4) is 0 Å². The molecule has 0 N–H and O–H groups in total. The van der Waals surface area contributed by atoms with Gasteiger partial charge in [-0.3, -0.25) is 0 Å². The standard InChI is InChI=1S/C11H17BrN4/c12-3-8-15-6-2-7-16(10-9-15)11-13-4-1-5-14-11/h1,4-5H,2-3,6-10H2. The van der Waals surface area contributed by atoms with E-state index in [0.29, 0.717) is 0 Å². The Morgan fingerprint density at radius 1 is 1.12 bits per heavy atom. The van der Waals surface area contributed by atoms with Crippen LogP contribution in [0.2, 0.25) is 0 Å². The molecule has 0 spiro atoms. The molecule has 16 heavy (non-hydrogen) atoms. The number of rotatable bonds is 3. The van der Waals surface area contributed by atoms with Crippen LogP contribution in [0.25, 0.3) is 0 Å². The number of halogens is 1. The second-order valence-electron chi connectivity index (χ2n) is 3.92. The van der Waals surface area contributed by atoms with E-state index >= 15 is 0 Å². The molecule has 4 nitrogen and oxygen atoms in total. The summed E-state index contributed by atoms with van der Waals surface area (Å²) in [6.07, 6.45) is 4.80. The summed E-state index contributed by atoms with van der Waals surface area (Å²) in [6.45, 7) is 5.49. The van der Waals surface area contributed by atoms with Crippen molar-refractivity contribution in [1.29, 1.82) is 0 Å². The first-order valence-electron chi connectivity index (χ1n) is 5.70. The topological polar surface area (TPSA) is 32.3 Å². The van der Waals surface area contributed by atoms with Gasteiger partial charge >= 0.3 is 0 Å². The van der Waals surface area contributed by atoms with Gasteiger partial charge in [-0.05, 0) is 19.0 Å². The lowest BCUT2D eigenvalue weighted by Gasteiger charge is -2.21. The van der Waals surface area contributed by atoms with E-state index in [-0.39, 0.29) is 0 Å². The van der Waals surface area contributed by atoms with Crippen molar-refractivity contribution in [3.05, 3.63) is 18.5 Å². The second-order valence-corrected chi connectivity index (χ2v) is 4.71. The van der Waals surface area contributed by atoms with E-state index in [2.05, 4.69) is 35.7 Å². The first kappa shape index (κ1) is 11.8. The number of hydrogen-bond donors (Lipinski definition) is 0. The fourth-order valence-corrected chi connectivity index (χ4v) is 2.47. The van der Waals surface area contributed by atoms with E-state index < -0.39 is 0 Å². The zero-order valence-corrected chi connectivity index (χ0v) is 10.9. The average Bonchev–Trinajstić information content (AvgIpc) is 2.57. The van der Waals surface area contributed by atoms with Crippen LogP contribution in [0.15, 0.2) is 18.5 Å². The normalized spacial score (nSPS) is 18.4. The third-order valence-corrected chi connectivity index (χ3v) is 3.18. The van der Waals surface area contributed by atoms with Gasteiger partial charge in [-0.2, -0.15) is 0 Å². The van der Waals surface area contributed by atoms with Gasteiger partial charge in [-0.25, -0.2) is 9.97 Å². The lowest BCUT2D eigenvalue weighted by atomic mass is 10.4. The zero-order valence-electron chi connectivity index (χ0n) is 9.35. The van der Waals surface area contributed by atoms with Crippen LogP contribution >= 0.6 is 15.9 Å². The van der Waals surface area contributed by atoms with Gasteiger partial charge in [0.05, 0.1) is 0 Å². The van der Waals surface area contributed by atoms with E-state index in [1.54, 1.807) is 0 Å². The monoisotopic (exact) mass is 284 g/mol. The predicted molar refractivity (Wildman–Crippen MR) is 69.1 cm³/mol. The van der Waals surface area contributed by atoms with Crippen LogP contribution in [0.5, 0.6) is 0 Å². The minimum Gasteiger partial charge on any atom is -0.339 e. The van der Waals surface area contributed by atoms with E-state index in [1.165, 1.54) is 13.0 Å². The van der Waals surface area contributed by atoms with Gasteiger partial charge in [0.2, 0.25) is 5.95 Å². The number of anilines is 1. The first-order chi connectivity index (χ1) is 7.90. The molecule has 2 rings (SSSR count). The van der Waals surface area contributed by atoms with E-state index in [4.69, 9.17) is 0 Å². The summed E-state index contributed by atoms with van der Waals surface area (Å²) in [7, 11) is 0. The molecule has 1 saturated heterocycles.